The van der Waals surface area contributed by atoms with E-state index in [1.165, 1.54) is 18.0 Å². The Balaban J connectivity index is 2.09. The smallest absolute Gasteiger partial charge is 0.253 e. The summed E-state index contributed by atoms with van der Waals surface area (Å²) in [7, 11) is 0. The third-order valence-electron chi connectivity index (χ3n) is 3.62. The molecule has 0 aromatic carbocycles. The van der Waals surface area contributed by atoms with E-state index in [4.69, 9.17) is 5.73 Å². The van der Waals surface area contributed by atoms with Crippen LogP contribution < -0.4 is 11.1 Å². The number of hydrogen-bond donors (Lipinski definition) is 2. The van der Waals surface area contributed by atoms with Crippen molar-refractivity contribution in [2.45, 2.75) is 19.9 Å². The zero-order valence-corrected chi connectivity index (χ0v) is 12.0. The molecule has 0 saturated carbocycles. The number of rotatable bonds is 3. The van der Waals surface area contributed by atoms with E-state index >= 15 is 0 Å². The predicted octanol–water partition coefficient (Wildman–Crippen LogP) is -0.548. The number of carbonyl (C=O) groups excluding carboxylic acids is 3. The molecule has 7 nitrogen and oxygen atoms in total. The Morgan fingerprint density at radius 3 is 2.57 bits per heavy atom. The van der Waals surface area contributed by atoms with Crippen LogP contribution in [0.15, 0.2) is 18.3 Å². The highest BCUT2D eigenvalue weighted by Crippen LogP contribution is 2.17. The van der Waals surface area contributed by atoms with Crippen LogP contribution >= 0.6 is 0 Å². The second kappa shape index (κ2) is 5.90. The lowest BCUT2D eigenvalue weighted by atomic mass is 10.0. The van der Waals surface area contributed by atoms with Crippen LogP contribution in [0.2, 0.25) is 0 Å². The molecule has 1 aromatic heterocycles. The number of primary amides is 1. The van der Waals surface area contributed by atoms with Crippen molar-refractivity contribution in [1.82, 2.24) is 15.2 Å². The molecule has 3 N–H and O–H groups in total. The van der Waals surface area contributed by atoms with Crippen molar-refractivity contribution in [1.29, 1.82) is 0 Å². The lowest BCUT2D eigenvalue weighted by molar-refractivity contribution is -0.128. The average Bonchev–Trinajstić information content (AvgIpc) is 2.83. The van der Waals surface area contributed by atoms with Crippen molar-refractivity contribution in [2.75, 3.05) is 13.1 Å². The minimum atomic E-state index is -0.573. The van der Waals surface area contributed by atoms with Crippen molar-refractivity contribution >= 4 is 17.7 Å². The maximum Gasteiger partial charge on any atom is 0.253 e. The van der Waals surface area contributed by atoms with E-state index in [0.29, 0.717) is 5.56 Å². The summed E-state index contributed by atoms with van der Waals surface area (Å²) in [6.07, 6.45) is 1.47. The number of aryl methyl sites for hydroxylation is 1. The first kappa shape index (κ1) is 15.0. The predicted molar refractivity (Wildman–Crippen MR) is 75.2 cm³/mol. The summed E-state index contributed by atoms with van der Waals surface area (Å²) in [5, 5.41) is 2.76. The third-order valence-corrected chi connectivity index (χ3v) is 3.62. The Labute approximate surface area is 122 Å². The molecule has 1 saturated heterocycles. The molecule has 2 atom stereocenters. The van der Waals surface area contributed by atoms with Crippen molar-refractivity contribution in [3.63, 3.8) is 0 Å². The molecule has 0 spiro atoms. The second-order valence-corrected chi connectivity index (χ2v) is 5.20. The number of nitrogens with one attached hydrogen (secondary N) is 1. The molecule has 1 aromatic rings. The molecule has 0 bridgehead atoms. The largest absolute Gasteiger partial charge is 0.369 e. The molecule has 7 heteroatoms. The Morgan fingerprint density at radius 2 is 2.05 bits per heavy atom. The molecule has 21 heavy (non-hydrogen) atoms. The molecule has 1 fully saturated rings. The van der Waals surface area contributed by atoms with E-state index in [9.17, 15) is 14.4 Å². The van der Waals surface area contributed by atoms with Gasteiger partial charge in [0.05, 0.1) is 17.5 Å². The van der Waals surface area contributed by atoms with Crippen molar-refractivity contribution in [3.05, 3.63) is 29.6 Å². The molecule has 2 rings (SSSR count). The number of hydrogen-bond acceptors (Lipinski definition) is 4. The quantitative estimate of drug-likeness (QED) is 0.779. The van der Waals surface area contributed by atoms with Gasteiger partial charge in [0.2, 0.25) is 11.8 Å². The summed E-state index contributed by atoms with van der Waals surface area (Å²) in [6.45, 7) is 3.77. The van der Waals surface area contributed by atoms with E-state index in [2.05, 4.69) is 10.3 Å². The fraction of sp³-hybridized carbons (Fsp3) is 0.429. The van der Waals surface area contributed by atoms with Gasteiger partial charge in [-0.05, 0) is 19.1 Å². The lowest BCUT2D eigenvalue weighted by Crippen LogP contribution is -2.44. The topological polar surface area (TPSA) is 105 Å². The van der Waals surface area contributed by atoms with Crippen molar-refractivity contribution in [2.24, 2.45) is 11.7 Å². The van der Waals surface area contributed by atoms with Gasteiger partial charge in [0, 0.05) is 31.9 Å². The van der Waals surface area contributed by atoms with Gasteiger partial charge in [-0.1, -0.05) is 0 Å². The number of nitrogens with two attached hydrogens (primary N) is 1. The van der Waals surface area contributed by atoms with Gasteiger partial charge in [0.1, 0.15) is 0 Å². The van der Waals surface area contributed by atoms with Gasteiger partial charge in [-0.3, -0.25) is 19.4 Å². The third kappa shape index (κ3) is 3.36. The fourth-order valence-electron chi connectivity index (χ4n) is 2.35. The molecule has 0 aliphatic carbocycles. The number of aromatic nitrogens is 1. The average molecular weight is 290 g/mol. The lowest BCUT2D eigenvalue weighted by Gasteiger charge is -2.17. The van der Waals surface area contributed by atoms with Gasteiger partial charge in [0.25, 0.3) is 5.91 Å². The Kier molecular flexibility index (Phi) is 4.21. The zero-order chi connectivity index (χ0) is 15.6. The van der Waals surface area contributed by atoms with Gasteiger partial charge in [-0.2, -0.15) is 0 Å². The van der Waals surface area contributed by atoms with Gasteiger partial charge in [-0.25, -0.2) is 0 Å². The standard InChI is InChI=1S/C14H18N4O3/c1-8-3-4-10(5-16-8)14(21)17-12-7-18(9(2)19)6-11(12)13(15)20/h3-5,11-12H,6-7H2,1-2H3,(H2,15,20)(H,17,21)/t11-,12+/m1/s1. The van der Waals surface area contributed by atoms with Crippen LogP contribution in [0.1, 0.15) is 23.0 Å². The summed E-state index contributed by atoms with van der Waals surface area (Å²) >= 11 is 0. The van der Waals surface area contributed by atoms with E-state index in [-0.39, 0.29) is 24.9 Å². The van der Waals surface area contributed by atoms with Gasteiger partial charge in [0.15, 0.2) is 0 Å². The monoisotopic (exact) mass is 290 g/mol. The molecule has 0 unspecified atom stereocenters. The molecule has 2 heterocycles. The maximum absolute atomic E-state index is 12.1. The Morgan fingerprint density at radius 1 is 1.33 bits per heavy atom. The maximum atomic E-state index is 12.1. The van der Waals surface area contributed by atoms with E-state index in [1.807, 2.05) is 6.92 Å². The van der Waals surface area contributed by atoms with E-state index in [0.717, 1.165) is 5.69 Å². The highest BCUT2D eigenvalue weighted by molar-refractivity contribution is 5.94. The van der Waals surface area contributed by atoms with Gasteiger partial charge >= 0.3 is 0 Å². The number of pyridine rings is 1. The normalized spacial score (nSPS) is 21.1. The summed E-state index contributed by atoms with van der Waals surface area (Å²) in [4.78, 5) is 40.6. The van der Waals surface area contributed by atoms with Crippen LogP contribution in [-0.2, 0) is 9.59 Å². The van der Waals surface area contributed by atoms with Gasteiger partial charge < -0.3 is 16.0 Å². The highest BCUT2D eigenvalue weighted by Gasteiger charge is 2.38. The van der Waals surface area contributed by atoms with Crippen LogP contribution in [-0.4, -0.2) is 46.7 Å². The second-order valence-electron chi connectivity index (χ2n) is 5.20. The van der Waals surface area contributed by atoms with Crippen LogP contribution in [0.25, 0.3) is 0 Å². The summed E-state index contributed by atoms with van der Waals surface area (Å²) < 4.78 is 0. The number of carbonyl (C=O) groups is 3. The molecular weight excluding hydrogens is 272 g/mol. The SMILES string of the molecule is CC(=O)N1C[C@H](NC(=O)c2ccc(C)nc2)[C@H](C(N)=O)C1. The van der Waals surface area contributed by atoms with Crippen LogP contribution in [0.4, 0.5) is 0 Å². The first-order chi connectivity index (χ1) is 9.88. The molecule has 1 aliphatic rings. The van der Waals surface area contributed by atoms with Crippen LogP contribution in [0.5, 0.6) is 0 Å². The highest BCUT2D eigenvalue weighted by atomic mass is 16.2. The van der Waals surface area contributed by atoms with Crippen molar-refractivity contribution in [3.8, 4) is 0 Å². The van der Waals surface area contributed by atoms with E-state index in [1.54, 1.807) is 12.1 Å². The van der Waals surface area contributed by atoms with Crippen LogP contribution in [0, 0.1) is 12.8 Å². The minimum absolute atomic E-state index is 0.144. The number of amides is 3. The Hall–Kier alpha value is -2.44. The first-order valence-electron chi connectivity index (χ1n) is 6.67. The summed E-state index contributed by atoms with van der Waals surface area (Å²) in [6, 6.07) is 2.92. The molecule has 3 amide bonds. The molecule has 112 valence electrons. The fourth-order valence-corrected chi connectivity index (χ4v) is 2.35. The number of nitrogens with zero attached hydrogens (tertiary/aromatic N) is 2. The van der Waals surface area contributed by atoms with E-state index < -0.39 is 17.9 Å². The molecule has 1 aliphatic heterocycles. The zero-order valence-electron chi connectivity index (χ0n) is 12.0. The minimum Gasteiger partial charge on any atom is -0.369 e. The van der Waals surface area contributed by atoms with Crippen molar-refractivity contribution < 1.29 is 14.4 Å². The number of likely N-dealkylation sites (tertiary alicyclic amines) is 1. The molecule has 0 radical (unpaired) electrons. The summed E-state index contributed by atoms with van der Waals surface area (Å²) in [5.41, 5.74) is 6.56. The van der Waals surface area contributed by atoms with Crippen LogP contribution in [0.3, 0.4) is 0 Å². The van der Waals surface area contributed by atoms with Gasteiger partial charge in [-0.15, -0.1) is 0 Å². The Bertz CT molecular complexity index is 570. The molecular formula is C14H18N4O3. The summed E-state index contributed by atoms with van der Waals surface area (Å²) in [5.74, 6) is -1.57. The first-order valence-corrected chi connectivity index (χ1v) is 6.67.